The lowest BCUT2D eigenvalue weighted by Crippen LogP contribution is -2.29. The maximum absolute atomic E-state index is 10.9. The number of para-hydroxylation sites is 1. The summed E-state index contributed by atoms with van der Waals surface area (Å²) in [7, 11) is 0. The van der Waals surface area contributed by atoms with Crippen molar-refractivity contribution in [3.05, 3.63) is 107 Å². The van der Waals surface area contributed by atoms with Gasteiger partial charge in [-0.2, -0.15) is 5.10 Å². The molecule has 0 amide bonds. The Morgan fingerprint density at radius 3 is 2.21 bits per heavy atom. The molecule has 4 aromatic rings. The summed E-state index contributed by atoms with van der Waals surface area (Å²) >= 11 is 0. The SMILES string of the molecule is CCCN(Cc1c(C)nn(-c2ccccc2)c1Oc1ccc(C)cc1)C[C@@H](O)c1ccccc1. The molecule has 5 nitrogen and oxygen atoms in total. The molecule has 0 aliphatic heterocycles. The molecule has 0 radical (unpaired) electrons. The number of aliphatic hydroxyl groups excluding tert-OH is 1. The average Bonchev–Trinajstić information content (AvgIpc) is 3.16. The number of benzene rings is 3. The summed E-state index contributed by atoms with van der Waals surface area (Å²) in [6.45, 7) is 8.29. The molecule has 1 N–H and O–H groups in total. The van der Waals surface area contributed by atoms with Crippen LogP contribution in [0.15, 0.2) is 84.9 Å². The normalized spacial score (nSPS) is 12.1. The molecule has 1 aromatic heterocycles. The molecule has 1 heterocycles. The Kier molecular flexibility index (Phi) is 7.78. The van der Waals surface area contributed by atoms with Crippen LogP contribution in [0.1, 0.15) is 41.8 Å². The molecule has 0 saturated heterocycles. The van der Waals surface area contributed by atoms with Crippen molar-refractivity contribution >= 4 is 0 Å². The zero-order valence-corrected chi connectivity index (χ0v) is 20.2. The minimum atomic E-state index is -0.557. The minimum Gasteiger partial charge on any atom is -0.439 e. The number of nitrogens with zero attached hydrogens (tertiary/aromatic N) is 3. The Hall–Kier alpha value is -3.41. The van der Waals surface area contributed by atoms with Gasteiger partial charge in [0, 0.05) is 13.1 Å². The van der Waals surface area contributed by atoms with Crippen LogP contribution in [-0.4, -0.2) is 32.9 Å². The predicted molar refractivity (Wildman–Crippen MR) is 137 cm³/mol. The quantitative estimate of drug-likeness (QED) is 0.308. The maximum Gasteiger partial charge on any atom is 0.227 e. The van der Waals surface area contributed by atoms with Crippen molar-refractivity contribution < 1.29 is 9.84 Å². The van der Waals surface area contributed by atoms with E-state index in [4.69, 9.17) is 9.84 Å². The lowest BCUT2D eigenvalue weighted by molar-refractivity contribution is 0.108. The van der Waals surface area contributed by atoms with Crippen LogP contribution < -0.4 is 4.74 Å². The van der Waals surface area contributed by atoms with E-state index >= 15 is 0 Å². The van der Waals surface area contributed by atoms with Gasteiger partial charge in [0.25, 0.3) is 0 Å². The summed E-state index contributed by atoms with van der Waals surface area (Å²) in [6.07, 6.45) is 0.431. The van der Waals surface area contributed by atoms with Gasteiger partial charge < -0.3 is 9.84 Å². The van der Waals surface area contributed by atoms with Gasteiger partial charge in [-0.25, -0.2) is 4.68 Å². The summed E-state index contributed by atoms with van der Waals surface area (Å²) in [5.74, 6) is 1.48. The fourth-order valence-corrected chi connectivity index (χ4v) is 4.09. The van der Waals surface area contributed by atoms with Gasteiger partial charge in [-0.1, -0.05) is 73.2 Å². The summed E-state index contributed by atoms with van der Waals surface area (Å²) in [6, 6.07) is 28.0. The zero-order valence-electron chi connectivity index (χ0n) is 20.2. The first-order chi connectivity index (χ1) is 16.5. The molecule has 0 unspecified atom stereocenters. The Bertz CT molecular complexity index is 1170. The van der Waals surface area contributed by atoms with Crippen molar-refractivity contribution in [2.75, 3.05) is 13.1 Å². The molecule has 176 valence electrons. The smallest absolute Gasteiger partial charge is 0.227 e. The second kappa shape index (κ2) is 11.1. The molecule has 0 spiro atoms. The highest BCUT2D eigenvalue weighted by Gasteiger charge is 2.22. The molecule has 4 rings (SSSR count). The number of rotatable bonds is 10. The van der Waals surface area contributed by atoms with Crippen LogP contribution >= 0.6 is 0 Å². The summed E-state index contributed by atoms with van der Waals surface area (Å²) in [5.41, 5.74) is 5.01. The standard InChI is InChI=1S/C29H33N3O2/c1-4-19-31(21-28(33)24-11-7-5-8-12-24)20-27-23(3)30-32(25-13-9-6-10-14-25)29(27)34-26-17-15-22(2)16-18-26/h5-18,28,33H,4,19-21H2,1-3H3/t28-/m1/s1. The van der Waals surface area contributed by atoms with Crippen LogP contribution in [0.4, 0.5) is 0 Å². The molecular formula is C29H33N3O2. The highest BCUT2D eigenvalue weighted by Crippen LogP contribution is 2.32. The first-order valence-electron chi connectivity index (χ1n) is 11.9. The van der Waals surface area contributed by atoms with Crippen LogP contribution in [0.3, 0.4) is 0 Å². The molecule has 0 saturated carbocycles. The van der Waals surface area contributed by atoms with E-state index in [0.717, 1.165) is 41.2 Å². The Morgan fingerprint density at radius 2 is 1.56 bits per heavy atom. The molecule has 1 atom stereocenters. The maximum atomic E-state index is 10.9. The lowest BCUT2D eigenvalue weighted by atomic mass is 10.1. The van der Waals surface area contributed by atoms with Gasteiger partial charge >= 0.3 is 0 Å². The van der Waals surface area contributed by atoms with Crippen LogP contribution in [0.2, 0.25) is 0 Å². The van der Waals surface area contributed by atoms with E-state index in [-0.39, 0.29) is 0 Å². The Morgan fingerprint density at radius 1 is 0.912 bits per heavy atom. The zero-order chi connectivity index (χ0) is 23.9. The van der Waals surface area contributed by atoms with Crippen molar-refractivity contribution in [3.63, 3.8) is 0 Å². The van der Waals surface area contributed by atoms with Crippen molar-refractivity contribution in [3.8, 4) is 17.3 Å². The van der Waals surface area contributed by atoms with Crippen LogP contribution in [0.5, 0.6) is 11.6 Å². The third kappa shape index (κ3) is 5.74. The van der Waals surface area contributed by atoms with Gasteiger partial charge in [0.15, 0.2) is 0 Å². The van der Waals surface area contributed by atoms with Crippen molar-refractivity contribution in [1.82, 2.24) is 14.7 Å². The number of aryl methyl sites for hydroxylation is 2. The van der Waals surface area contributed by atoms with E-state index in [0.29, 0.717) is 19.0 Å². The van der Waals surface area contributed by atoms with Crippen LogP contribution in [0.25, 0.3) is 5.69 Å². The topological polar surface area (TPSA) is 50.5 Å². The molecule has 0 bridgehead atoms. The van der Waals surface area contributed by atoms with E-state index < -0.39 is 6.10 Å². The van der Waals surface area contributed by atoms with Crippen LogP contribution in [0, 0.1) is 13.8 Å². The van der Waals surface area contributed by atoms with E-state index in [1.54, 1.807) is 0 Å². The molecule has 0 fully saturated rings. The molecule has 0 aliphatic rings. The molecule has 34 heavy (non-hydrogen) atoms. The molecular weight excluding hydrogens is 422 g/mol. The van der Waals surface area contributed by atoms with Gasteiger partial charge in [-0.05, 0) is 56.6 Å². The van der Waals surface area contributed by atoms with Crippen molar-refractivity contribution in [2.24, 2.45) is 0 Å². The third-order valence-electron chi connectivity index (χ3n) is 5.91. The molecule has 0 aliphatic carbocycles. The Balaban J connectivity index is 1.67. The molecule has 5 heteroatoms. The summed E-state index contributed by atoms with van der Waals surface area (Å²) < 4.78 is 8.33. The monoisotopic (exact) mass is 455 g/mol. The van der Waals surface area contributed by atoms with E-state index in [1.807, 2.05) is 96.5 Å². The number of ether oxygens (including phenoxy) is 1. The second-order valence-electron chi connectivity index (χ2n) is 8.69. The van der Waals surface area contributed by atoms with Gasteiger partial charge in [-0.15, -0.1) is 0 Å². The predicted octanol–water partition coefficient (Wildman–Crippen LogP) is 6.23. The second-order valence-corrected chi connectivity index (χ2v) is 8.69. The lowest BCUT2D eigenvalue weighted by Gasteiger charge is -2.25. The number of aliphatic hydroxyl groups is 1. The number of hydrogen-bond donors (Lipinski definition) is 1. The summed E-state index contributed by atoms with van der Waals surface area (Å²) in [4.78, 5) is 2.28. The minimum absolute atomic E-state index is 0.539. The van der Waals surface area contributed by atoms with E-state index in [9.17, 15) is 5.11 Å². The van der Waals surface area contributed by atoms with E-state index in [1.165, 1.54) is 5.56 Å². The van der Waals surface area contributed by atoms with Gasteiger partial charge in [0.05, 0.1) is 23.0 Å². The number of aromatic nitrogens is 2. The van der Waals surface area contributed by atoms with Crippen molar-refractivity contribution in [1.29, 1.82) is 0 Å². The summed E-state index contributed by atoms with van der Waals surface area (Å²) in [5, 5.41) is 15.7. The van der Waals surface area contributed by atoms with Crippen LogP contribution in [-0.2, 0) is 6.54 Å². The first-order valence-corrected chi connectivity index (χ1v) is 11.9. The highest BCUT2D eigenvalue weighted by molar-refractivity contribution is 5.43. The van der Waals surface area contributed by atoms with Crippen molar-refractivity contribution in [2.45, 2.75) is 39.8 Å². The fourth-order valence-electron chi connectivity index (χ4n) is 4.09. The molecule has 3 aromatic carbocycles. The fraction of sp³-hybridized carbons (Fsp3) is 0.276. The first kappa shape index (κ1) is 23.7. The largest absolute Gasteiger partial charge is 0.439 e. The van der Waals surface area contributed by atoms with E-state index in [2.05, 4.69) is 18.7 Å². The highest BCUT2D eigenvalue weighted by atomic mass is 16.5. The van der Waals surface area contributed by atoms with Gasteiger partial charge in [0.1, 0.15) is 5.75 Å². The number of hydrogen-bond acceptors (Lipinski definition) is 4. The average molecular weight is 456 g/mol. The van der Waals surface area contributed by atoms with Gasteiger partial charge in [0.2, 0.25) is 5.88 Å². The third-order valence-corrected chi connectivity index (χ3v) is 5.91. The Labute approximate surface area is 202 Å². The van der Waals surface area contributed by atoms with Gasteiger partial charge in [-0.3, -0.25) is 4.90 Å².